The summed E-state index contributed by atoms with van der Waals surface area (Å²) in [5, 5.41) is 11.6. The van der Waals surface area contributed by atoms with Crippen LogP contribution in [0, 0.1) is 10.1 Å². The highest BCUT2D eigenvalue weighted by Crippen LogP contribution is 2.22. The Bertz CT molecular complexity index is 863. The molecule has 0 unspecified atom stereocenters. The first-order valence-corrected chi connectivity index (χ1v) is 6.88. The molecule has 0 aliphatic carbocycles. The van der Waals surface area contributed by atoms with E-state index in [0.29, 0.717) is 12.1 Å². The van der Waals surface area contributed by atoms with Gasteiger partial charge in [-0.1, -0.05) is 24.3 Å². The fourth-order valence-electron chi connectivity index (χ4n) is 2.48. The molecule has 110 valence electrons. The van der Waals surface area contributed by atoms with Crippen LogP contribution < -0.4 is 0 Å². The summed E-state index contributed by atoms with van der Waals surface area (Å²) in [7, 11) is 0. The van der Waals surface area contributed by atoms with Crippen LogP contribution in [-0.2, 0) is 6.54 Å². The van der Waals surface area contributed by atoms with Crippen molar-refractivity contribution >= 4 is 22.4 Å². The lowest BCUT2D eigenvalue weighted by molar-refractivity contribution is -0.384. The van der Waals surface area contributed by atoms with Crippen molar-refractivity contribution in [2.24, 2.45) is 0 Å². The van der Waals surface area contributed by atoms with Gasteiger partial charge >= 0.3 is 0 Å². The number of hydrogen-bond acceptors (Lipinski definition) is 3. The Morgan fingerprint density at radius 3 is 2.50 bits per heavy atom. The highest BCUT2D eigenvalue weighted by molar-refractivity contribution is 5.94. The molecule has 0 aliphatic heterocycles. The quantitative estimate of drug-likeness (QED) is 0.417. The van der Waals surface area contributed by atoms with Crippen molar-refractivity contribution in [1.82, 2.24) is 4.57 Å². The second kappa shape index (κ2) is 5.44. The predicted molar refractivity (Wildman–Crippen MR) is 84.1 cm³/mol. The van der Waals surface area contributed by atoms with E-state index in [-0.39, 0.29) is 11.5 Å². The maximum Gasteiger partial charge on any atom is 0.270 e. The summed E-state index contributed by atoms with van der Waals surface area (Å²) in [6, 6.07) is 14.2. The van der Waals surface area contributed by atoms with Gasteiger partial charge in [0.05, 0.1) is 4.92 Å². The van der Waals surface area contributed by atoms with Gasteiger partial charge in [0.1, 0.15) is 0 Å². The van der Waals surface area contributed by atoms with E-state index in [1.165, 1.54) is 6.07 Å². The van der Waals surface area contributed by atoms with E-state index in [1.54, 1.807) is 19.1 Å². The minimum absolute atomic E-state index is 0.0465. The molecule has 0 radical (unpaired) electrons. The van der Waals surface area contributed by atoms with Gasteiger partial charge < -0.3 is 4.57 Å². The molecule has 0 spiro atoms. The van der Waals surface area contributed by atoms with Crippen molar-refractivity contribution in [1.29, 1.82) is 0 Å². The molecule has 0 saturated carbocycles. The lowest BCUT2D eigenvalue weighted by atomic mass is 10.1. The Morgan fingerprint density at radius 2 is 1.86 bits per heavy atom. The monoisotopic (exact) mass is 294 g/mol. The van der Waals surface area contributed by atoms with Crippen molar-refractivity contribution in [3.63, 3.8) is 0 Å². The third kappa shape index (κ3) is 2.61. The molecular weight excluding hydrogens is 280 g/mol. The lowest BCUT2D eigenvalue weighted by Gasteiger charge is -2.06. The smallest absolute Gasteiger partial charge is 0.270 e. The van der Waals surface area contributed by atoms with E-state index in [0.717, 1.165) is 16.5 Å². The molecule has 0 atom stereocenters. The Morgan fingerprint density at radius 1 is 1.14 bits per heavy atom. The molecule has 5 heteroatoms. The van der Waals surface area contributed by atoms with Crippen LogP contribution in [-0.4, -0.2) is 15.3 Å². The first-order chi connectivity index (χ1) is 10.5. The second-order valence-corrected chi connectivity index (χ2v) is 5.20. The van der Waals surface area contributed by atoms with Gasteiger partial charge in [0.2, 0.25) is 0 Å². The van der Waals surface area contributed by atoms with Crippen molar-refractivity contribution < 1.29 is 9.72 Å². The van der Waals surface area contributed by atoms with Gasteiger partial charge in [-0.15, -0.1) is 0 Å². The van der Waals surface area contributed by atoms with Gasteiger partial charge in [-0.25, -0.2) is 0 Å². The molecule has 3 rings (SSSR count). The maximum absolute atomic E-state index is 11.3. The van der Waals surface area contributed by atoms with Crippen molar-refractivity contribution in [3.05, 3.63) is 76.0 Å². The zero-order valence-electron chi connectivity index (χ0n) is 12.0. The van der Waals surface area contributed by atoms with E-state index >= 15 is 0 Å². The number of nitrogens with zero attached hydrogens (tertiary/aromatic N) is 2. The molecule has 3 aromatic rings. The van der Waals surface area contributed by atoms with Crippen molar-refractivity contribution in [2.45, 2.75) is 13.5 Å². The largest absolute Gasteiger partial charge is 0.343 e. The number of ketones is 1. The van der Waals surface area contributed by atoms with Gasteiger partial charge in [-0.2, -0.15) is 0 Å². The second-order valence-electron chi connectivity index (χ2n) is 5.20. The van der Waals surface area contributed by atoms with Crippen LogP contribution in [0.4, 0.5) is 5.69 Å². The number of hydrogen-bond donors (Lipinski definition) is 0. The highest BCUT2D eigenvalue weighted by Gasteiger charge is 2.09. The zero-order valence-corrected chi connectivity index (χ0v) is 12.0. The van der Waals surface area contributed by atoms with Crippen LogP contribution in [0.1, 0.15) is 22.8 Å². The van der Waals surface area contributed by atoms with Gasteiger partial charge in [-0.3, -0.25) is 14.9 Å². The molecule has 0 saturated heterocycles. The number of non-ortho nitro benzene ring substituents is 1. The molecule has 1 aromatic heterocycles. The van der Waals surface area contributed by atoms with E-state index in [4.69, 9.17) is 0 Å². The first-order valence-electron chi connectivity index (χ1n) is 6.88. The highest BCUT2D eigenvalue weighted by atomic mass is 16.6. The van der Waals surface area contributed by atoms with Gasteiger partial charge in [-0.05, 0) is 24.6 Å². The van der Waals surface area contributed by atoms with E-state index in [1.807, 2.05) is 41.1 Å². The Hall–Kier alpha value is -2.95. The number of aromatic nitrogens is 1. The Balaban J connectivity index is 1.90. The van der Waals surface area contributed by atoms with Gasteiger partial charge in [0, 0.05) is 41.3 Å². The van der Waals surface area contributed by atoms with E-state index in [2.05, 4.69) is 0 Å². The summed E-state index contributed by atoms with van der Waals surface area (Å²) in [6.45, 7) is 2.20. The van der Waals surface area contributed by atoms with Crippen LogP contribution >= 0.6 is 0 Å². The third-order valence-corrected chi connectivity index (χ3v) is 3.68. The third-order valence-electron chi connectivity index (χ3n) is 3.68. The zero-order chi connectivity index (χ0) is 15.7. The number of nitro groups is 1. The molecule has 0 N–H and O–H groups in total. The minimum Gasteiger partial charge on any atom is -0.343 e. The van der Waals surface area contributed by atoms with Crippen LogP contribution in [0.25, 0.3) is 10.9 Å². The van der Waals surface area contributed by atoms with Crippen LogP contribution in [0.3, 0.4) is 0 Å². The van der Waals surface area contributed by atoms with Crippen LogP contribution in [0.15, 0.2) is 54.7 Å². The molecule has 0 aliphatic rings. The summed E-state index contributed by atoms with van der Waals surface area (Å²) in [4.78, 5) is 21.7. The average molecular weight is 294 g/mol. The fraction of sp³-hybridized carbons (Fsp3) is 0.118. The molecule has 1 heterocycles. The van der Waals surface area contributed by atoms with Crippen LogP contribution in [0.2, 0.25) is 0 Å². The standard InChI is InChI=1S/C17H14N2O3/c1-12(20)14-4-2-13(3-5-14)11-18-9-8-15-10-16(19(21)22)6-7-17(15)18/h2-10H,11H2,1H3. The molecule has 0 fully saturated rings. The Kier molecular flexibility index (Phi) is 3.47. The topological polar surface area (TPSA) is 65.1 Å². The number of carbonyl (C=O) groups excluding carboxylic acids is 1. The lowest BCUT2D eigenvalue weighted by Crippen LogP contribution is -1.99. The van der Waals surface area contributed by atoms with E-state index < -0.39 is 4.92 Å². The van der Waals surface area contributed by atoms with Crippen molar-refractivity contribution in [2.75, 3.05) is 0 Å². The fourth-order valence-corrected chi connectivity index (χ4v) is 2.48. The summed E-state index contributed by atoms with van der Waals surface area (Å²) in [5.41, 5.74) is 2.80. The average Bonchev–Trinajstić information content (AvgIpc) is 2.90. The summed E-state index contributed by atoms with van der Waals surface area (Å²) >= 11 is 0. The van der Waals surface area contributed by atoms with Crippen LogP contribution in [0.5, 0.6) is 0 Å². The number of Topliss-reactive ketones (excluding diaryl/α,β-unsaturated/α-hetero) is 1. The maximum atomic E-state index is 11.3. The van der Waals surface area contributed by atoms with Gasteiger partial charge in [0.15, 0.2) is 5.78 Å². The van der Waals surface area contributed by atoms with Crippen molar-refractivity contribution in [3.8, 4) is 0 Å². The molecule has 2 aromatic carbocycles. The Labute approximate surface area is 126 Å². The summed E-state index contributed by atoms with van der Waals surface area (Å²) < 4.78 is 2.03. The number of fused-ring (bicyclic) bond motifs is 1. The molecule has 0 amide bonds. The molecular formula is C17H14N2O3. The summed E-state index contributed by atoms with van der Waals surface area (Å²) in [5.74, 6) is 0.0465. The summed E-state index contributed by atoms with van der Waals surface area (Å²) in [6.07, 6.45) is 1.91. The number of benzene rings is 2. The SMILES string of the molecule is CC(=O)c1ccc(Cn2ccc3cc([N+](=O)[O-])ccc32)cc1. The van der Waals surface area contributed by atoms with E-state index in [9.17, 15) is 14.9 Å². The number of rotatable bonds is 4. The predicted octanol–water partition coefficient (Wildman–Crippen LogP) is 3.80. The number of nitro benzene ring substituents is 1. The van der Waals surface area contributed by atoms with Gasteiger partial charge in [0.25, 0.3) is 5.69 Å². The minimum atomic E-state index is -0.392. The molecule has 0 bridgehead atoms. The first kappa shape index (κ1) is 14.0. The molecule has 22 heavy (non-hydrogen) atoms. The normalized spacial score (nSPS) is 10.8. The number of carbonyl (C=O) groups is 1. The molecule has 5 nitrogen and oxygen atoms in total.